The van der Waals surface area contributed by atoms with E-state index in [1.165, 1.54) is 12.1 Å². The van der Waals surface area contributed by atoms with E-state index in [1.54, 1.807) is 30.6 Å². The molecule has 0 unspecified atom stereocenters. The van der Waals surface area contributed by atoms with E-state index in [0.29, 0.717) is 29.4 Å². The predicted octanol–water partition coefficient (Wildman–Crippen LogP) is 3.51. The summed E-state index contributed by atoms with van der Waals surface area (Å²) in [7, 11) is 0. The van der Waals surface area contributed by atoms with Crippen LogP contribution in [0.1, 0.15) is 33.9 Å². The van der Waals surface area contributed by atoms with Crippen LogP contribution in [0, 0.1) is 0 Å². The van der Waals surface area contributed by atoms with Gasteiger partial charge in [-0.15, -0.1) is 0 Å². The highest BCUT2D eigenvalue weighted by Crippen LogP contribution is 2.32. The van der Waals surface area contributed by atoms with Crippen molar-refractivity contribution in [3.8, 4) is 11.4 Å². The monoisotopic (exact) mass is 508 g/mol. The van der Waals surface area contributed by atoms with Gasteiger partial charge in [-0.3, -0.25) is 19.9 Å². The van der Waals surface area contributed by atoms with E-state index in [0.717, 1.165) is 24.7 Å². The second-order valence-corrected chi connectivity index (χ2v) is 8.65. The van der Waals surface area contributed by atoms with E-state index in [-0.39, 0.29) is 12.1 Å². The van der Waals surface area contributed by atoms with Gasteiger partial charge < -0.3 is 16.0 Å². The fourth-order valence-corrected chi connectivity index (χ4v) is 4.29. The zero-order chi connectivity index (χ0) is 25.9. The SMILES string of the molecule is O=C(NCc1cccnc1C(F)(F)F)c1cccc(N[C@@]2(c3nc(-c4ccncc4)n[nH]3)CCNC2)c1. The number of H-pyrrole nitrogens is 1. The van der Waals surface area contributed by atoms with Crippen molar-refractivity contribution in [2.24, 2.45) is 0 Å². The molecule has 4 heterocycles. The first kappa shape index (κ1) is 24.4. The fraction of sp³-hybridized carbons (Fsp3) is 0.240. The Kier molecular flexibility index (Phi) is 6.57. The molecule has 0 radical (unpaired) electrons. The minimum Gasteiger partial charge on any atom is -0.372 e. The highest BCUT2D eigenvalue weighted by Gasteiger charge is 2.39. The number of nitrogens with one attached hydrogen (secondary N) is 4. The Morgan fingerprint density at radius 3 is 2.68 bits per heavy atom. The molecule has 3 aromatic heterocycles. The summed E-state index contributed by atoms with van der Waals surface area (Å²) in [5.74, 6) is 0.696. The van der Waals surface area contributed by atoms with Gasteiger partial charge in [-0.2, -0.15) is 18.3 Å². The molecule has 37 heavy (non-hydrogen) atoms. The molecule has 5 rings (SSSR count). The summed E-state index contributed by atoms with van der Waals surface area (Å²) >= 11 is 0. The highest BCUT2D eigenvalue weighted by atomic mass is 19.4. The smallest absolute Gasteiger partial charge is 0.372 e. The number of aromatic amines is 1. The average Bonchev–Trinajstić information content (AvgIpc) is 3.59. The summed E-state index contributed by atoms with van der Waals surface area (Å²) in [5.41, 5.74) is 0.0855. The van der Waals surface area contributed by atoms with Gasteiger partial charge in [0.05, 0.1) is 0 Å². The van der Waals surface area contributed by atoms with Crippen molar-refractivity contribution in [3.63, 3.8) is 0 Å². The van der Waals surface area contributed by atoms with Crippen LogP contribution in [0.4, 0.5) is 18.9 Å². The van der Waals surface area contributed by atoms with Crippen LogP contribution in [-0.2, 0) is 18.3 Å². The molecule has 0 bridgehead atoms. The van der Waals surface area contributed by atoms with E-state index in [4.69, 9.17) is 4.98 Å². The molecule has 190 valence electrons. The van der Waals surface area contributed by atoms with Crippen LogP contribution in [0.25, 0.3) is 11.4 Å². The number of hydrogen-bond acceptors (Lipinski definition) is 7. The Labute approximate surface area is 210 Å². The molecule has 1 amide bonds. The van der Waals surface area contributed by atoms with Gasteiger partial charge in [0.1, 0.15) is 11.2 Å². The van der Waals surface area contributed by atoms with Gasteiger partial charge >= 0.3 is 6.18 Å². The van der Waals surface area contributed by atoms with Gasteiger partial charge in [-0.05, 0) is 49.4 Å². The molecule has 4 N–H and O–H groups in total. The maximum absolute atomic E-state index is 13.2. The molecule has 0 aliphatic carbocycles. The molecular weight excluding hydrogens is 485 g/mol. The van der Waals surface area contributed by atoms with Crippen LogP contribution in [0.5, 0.6) is 0 Å². The van der Waals surface area contributed by atoms with Crippen LogP contribution in [0.3, 0.4) is 0 Å². The Morgan fingerprint density at radius 2 is 1.92 bits per heavy atom. The predicted molar refractivity (Wildman–Crippen MR) is 129 cm³/mol. The number of alkyl halides is 3. The van der Waals surface area contributed by atoms with Crippen molar-refractivity contribution in [2.45, 2.75) is 24.7 Å². The third kappa shape index (κ3) is 5.28. The van der Waals surface area contributed by atoms with E-state index >= 15 is 0 Å². The first-order valence-electron chi connectivity index (χ1n) is 11.6. The maximum Gasteiger partial charge on any atom is 0.433 e. The highest BCUT2D eigenvalue weighted by molar-refractivity contribution is 5.95. The van der Waals surface area contributed by atoms with E-state index in [1.807, 2.05) is 18.2 Å². The average molecular weight is 509 g/mol. The van der Waals surface area contributed by atoms with Crippen LogP contribution >= 0.6 is 0 Å². The third-order valence-corrected chi connectivity index (χ3v) is 6.14. The molecule has 1 saturated heterocycles. The van der Waals surface area contributed by atoms with Gasteiger partial charge in [-0.25, -0.2) is 4.98 Å². The molecule has 12 heteroatoms. The van der Waals surface area contributed by atoms with Crippen molar-refractivity contribution in [3.05, 3.63) is 89.8 Å². The van der Waals surface area contributed by atoms with Crippen molar-refractivity contribution in [1.82, 2.24) is 35.8 Å². The van der Waals surface area contributed by atoms with Crippen LogP contribution in [0.15, 0.2) is 67.1 Å². The summed E-state index contributed by atoms with van der Waals surface area (Å²) in [6.07, 6.45) is 0.532. The molecule has 9 nitrogen and oxygen atoms in total. The Balaban J connectivity index is 1.33. The van der Waals surface area contributed by atoms with E-state index in [9.17, 15) is 18.0 Å². The number of benzene rings is 1. The van der Waals surface area contributed by atoms with Crippen LogP contribution < -0.4 is 16.0 Å². The normalized spacial score (nSPS) is 17.5. The molecule has 4 aromatic rings. The summed E-state index contributed by atoms with van der Waals surface area (Å²) in [6, 6.07) is 13.1. The lowest BCUT2D eigenvalue weighted by atomic mass is 9.96. The van der Waals surface area contributed by atoms with Gasteiger partial charge in [-0.1, -0.05) is 12.1 Å². The molecular formula is C25H23F3N8O. The third-order valence-electron chi connectivity index (χ3n) is 6.14. The molecule has 0 spiro atoms. The summed E-state index contributed by atoms with van der Waals surface area (Å²) in [5, 5.41) is 16.8. The summed E-state index contributed by atoms with van der Waals surface area (Å²) in [4.78, 5) is 24.9. The van der Waals surface area contributed by atoms with Gasteiger partial charge in [0.15, 0.2) is 11.6 Å². The largest absolute Gasteiger partial charge is 0.433 e. The lowest BCUT2D eigenvalue weighted by molar-refractivity contribution is -0.141. The fourth-order valence-electron chi connectivity index (χ4n) is 4.29. The zero-order valence-electron chi connectivity index (χ0n) is 19.5. The second kappa shape index (κ2) is 9.97. The minimum absolute atomic E-state index is 0.107. The van der Waals surface area contributed by atoms with Gasteiger partial charge in [0, 0.05) is 54.1 Å². The van der Waals surface area contributed by atoms with Crippen molar-refractivity contribution < 1.29 is 18.0 Å². The Hall–Kier alpha value is -4.32. The molecule has 1 aliphatic rings. The maximum atomic E-state index is 13.2. The molecule has 1 aliphatic heterocycles. The lowest BCUT2D eigenvalue weighted by Crippen LogP contribution is -2.39. The number of carbonyl (C=O) groups is 1. The first-order chi connectivity index (χ1) is 17.8. The standard InChI is InChI=1S/C25H23F3N8O/c26-25(27,28)20-18(4-2-9-31-20)14-32-22(37)17-3-1-5-19(13-17)34-24(8-12-30-15-24)23-33-21(35-36-23)16-6-10-29-11-7-16/h1-7,9-11,13,30,34H,8,12,14-15H2,(H,32,37)(H,33,35,36)/t24-/m0/s1. The summed E-state index contributed by atoms with van der Waals surface area (Å²) in [6.45, 7) is 1.03. The van der Waals surface area contributed by atoms with Gasteiger partial charge in [0.25, 0.3) is 5.91 Å². The van der Waals surface area contributed by atoms with E-state index < -0.39 is 23.3 Å². The summed E-state index contributed by atoms with van der Waals surface area (Å²) < 4.78 is 39.6. The quantitative estimate of drug-likeness (QED) is 0.302. The topological polar surface area (TPSA) is 121 Å². The number of nitrogens with zero attached hydrogens (tertiary/aromatic N) is 4. The van der Waals surface area contributed by atoms with Crippen LogP contribution in [0.2, 0.25) is 0 Å². The Bertz CT molecular complexity index is 1380. The minimum atomic E-state index is -4.60. The number of aromatic nitrogens is 5. The zero-order valence-corrected chi connectivity index (χ0v) is 19.5. The molecule has 0 saturated carbocycles. The first-order valence-corrected chi connectivity index (χ1v) is 11.6. The molecule has 1 aromatic carbocycles. The lowest BCUT2D eigenvalue weighted by Gasteiger charge is -2.28. The second-order valence-electron chi connectivity index (χ2n) is 8.65. The van der Waals surface area contributed by atoms with Gasteiger partial charge in [0.2, 0.25) is 0 Å². The van der Waals surface area contributed by atoms with E-state index in [2.05, 4.69) is 36.1 Å². The van der Waals surface area contributed by atoms with Crippen molar-refractivity contribution >= 4 is 11.6 Å². The number of hydrogen-bond donors (Lipinski definition) is 4. The number of carbonyl (C=O) groups excluding carboxylic acids is 1. The number of pyridine rings is 2. The number of rotatable bonds is 7. The van der Waals surface area contributed by atoms with Crippen molar-refractivity contribution in [2.75, 3.05) is 18.4 Å². The van der Waals surface area contributed by atoms with Crippen molar-refractivity contribution in [1.29, 1.82) is 0 Å². The number of anilines is 1. The Morgan fingerprint density at radius 1 is 1.08 bits per heavy atom. The van der Waals surface area contributed by atoms with Crippen LogP contribution in [-0.4, -0.2) is 44.1 Å². The number of halogens is 3. The number of amides is 1. The molecule has 1 atom stereocenters. The molecule has 1 fully saturated rings.